The van der Waals surface area contributed by atoms with Gasteiger partial charge in [-0.15, -0.1) is 0 Å². The minimum atomic E-state index is -3.04. The average molecular weight is 332 g/mol. The number of nitro benzene ring substituents is 1. The zero-order chi connectivity index (χ0) is 17.6. The first kappa shape index (κ1) is 18.8. The van der Waals surface area contributed by atoms with Crippen LogP contribution in [0.4, 0.5) is 14.5 Å². The van der Waals surface area contributed by atoms with E-state index in [-0.39, 0.29) is 23.5 Å². The van der Waals surface area contributed by atoms with Crippen LogP contribution in [0.5, 0.6) is 5.75 Å². The van der Waals surface area contributed by atoms with E-state index in [9.17, 15) is 23.7 Å². The van der Waals surface area contributed by atoms with Crippen LogP contribution in [-0.2, 0) is 11.3 Å². The first-order valence-electron chi connectivity index (χ1n) is 6.79. The van der Waals surface area contributed by atoms with Gasteiger partial charge in [-0.2, -0.15) is 8.78 Å². The number of ether oxygens (including phenoxy) is 1. The van der Waals surface area contributed by atoms with Crippen LogP contribution in [0.25, 0.3) is 0 Å². The van der Waals surface area contributed by atoms with Crippen molar-refractivity contribution >= 4 is 11.7 Å². The van der Waals surface area contributed by atoms with Gasteiger partial charge in [-0.25, -0.2) is 0 Å². The van der Waals surface area contributed by atoms with Gasteiger partial charge in [0.1, 0.15) is 5.75 Å². The molecule has 0 radical (unpaired) electrons. The highest BCUT2D eigenvalue weighted by Crippen LogP contribution is 2.26. The maximum Gasteiger partial charge on any atom is 0.387 e. The van der Waals surface area contributed by atoms with Crippen LogP contribution < -0.4 is 10.1 Å². The fraction of sp³-hybridized carbons (Fsp3) is 0.500. The van der Waals surface area contributed by atoms with E-state index in [1.807, 2.05) is 0 Å². The number of hydrogen-bond acceptors (Lipinski definition) is 5. The Morgan fingerprint density at radius 2 is 2.13 bits per heavy atom. The fourth-order valence-corrected chi connectivity index (χ4v) is 1.76. The summed E-state index contributed by atoms with van der Waals surface area (Å²) >= 11 is 0. The molecule has 0 saturated carbocycles. The van der Waals surface area contributed by atoms with E-state index in [2.05, 4.69) is 10.1 Å². The quantitative estimate of drug-likeness (QED) is 0.409. The lowest BCUT2D eigenvalue weighted by Gasteiger charge is -2.19. The molecule has 1 rings (SSSR count). The number of alkyl halides is 2. The monoisotopic (exact) mass is 332 g/mol. The highest BCUT2D eigenvalue weighted by molar-refractivity contribution is 5.73. The van der Waals surface area contributed by atoms with E-state index in [1.165, 1.54) is 0 Å². The van der Waals surface area contributed by atoms with Crippen molar-refractivity contribution in [3.8, 4) is 5.75 Å². The number of benzene rings is 1. The molecule has 1 aromatic carbocycles. The zero-order valence-corrected chi connectivity index (χ0v) is 12.7. The minimum Gasteiger partial charge on any atom is -0.481 e. The Hall–Kier alpha value is -2.29. The summed E-state index contributed by atoms with van der Waals surface area (Å²) in [6.45, 7) is 0.433. The SMILES string of the molecule is CC(C)(CCNCc1cc([N+](=O)[O-])ccc1OC(F)F)C(=O)O. The second-order valence-electron chi connectivity index (χ2n) is 5.54. The van der Waals surface area contributed by atoms with E-state index < -0.39 is 22.9 Å². The Morgan fingerprint density at radius 1 is 1.48 bits per heavy atom. The number of nitrogens with zero attached hydrogens (tertiary/aromatic N) is 1. The third-order valence-electron chi connectivity index (χ3n) is 3.29. The van der Waals surface area contributed by atoms with Crippen molar-refractivity contribution in [1.82, 2.24) is 5.32 Å². The van der Waals surface area contributed by atoms with E-state index in [1.54, 1.807) is 13.8 Å². The van der Waals surface area contributed by atoms with Gasteiger partial charge < -0.3 is 15.2 Å². The molecule has 9 heteroatoms. The number of hydrogen-bond donors (Lipinski definition) is 2. The number of rotatable bonds is 9. The van der Waals surface area contributed by atoms with Crippen molar-refractivity contribution in [2.75, 3.05) is 6.54 Å². The fourth-order valence-electron chi connectivity index (χ4n) is 1.76. The van der Waals surface area contributed by atoms with Crippen LogP contribution in [0.1, 0.15) is 25.8 Å². The molecule has 0 amide bonds. The molecule has 0 saturated heterocycles. The number of aliphatic carboxylic acids is 1. The molecule has 0 atom stereocenters. The molecule has 0 aliphatic rings. The third kappa shape index (κ3) is 5.78. The Bertz CT molecular complexity index is 578. The van der Waals surface area contributed by atoms with Gasteiger partial charge in [0.15, 0.2) is 0 Å². The van der Waals surface area contributed by atoms with E-state index in [0.29, 0.717) is 13.0 Å². The van der Waals surface area contributed by atoms with Crippen molar-refractivity contribution in [3.05, 3.63) is 33.9 Å². The maximum atomic E-state index is 12.4. The summed E-state index contributed by atoms with van der Waals surface area (Å²) in [6.07, 6.45) is 0.308. The van der Waals surface area contributed by atoms with Crippen molar-refractivity contribution in [2.24, 2.45) is 5.41 Å². The van der Waals surface area contributed by atoms with Crippen LogP contribution in [0.2, 0.25) is 0 Å². The summed E-state index contributed by atoms with van der Waals surface area (Å²) in [4.78, 5) is 21.1. The van der Waals surface area contributed by atoms with Gasteiger partial charge >= 0.3 is 12.6 Å². The summed E-state index contributed by atoms with van der Waals surface area (Å²) in [7, 11) is 0. The van der Waals surface area contributed by atoms with E-state index >= 15 is 0 Å². The summed E-state index contributed by atoms with van der Waals surface area (Å²) in [5.74, 6) is -1.10. The Labute approximate surface area is 131 Å². The minimum absolute atomic E-state index is 0.0411. The highest BCUT2D eigenvalue weighted by atomic mass is 19.3. The van der Waals surface area contributed by atoms with Gasteiger partial charge in [0, 0.05) is 24.2 Å². The summed E-state index contributed by atoms with van der Waals surface area (Å²) < 4.78 is 29.0. The summed E-state index contributed by atoms with van der Waals surface area (Å²) in [5, 5.41) is 22.6. The number of carboxylic acids is 1. The smallest absolute Gasteiger partial charge is 0.387 e. The topological polar surface area (TPSA) is 102 Å². The molecule has 0 heterocycles. The second kappa shape index (κ2) is 7.82. The standard InChI is InChI=1S/C14H18F2N2O5/c1-14(2,12(19)20)5-6-17-8-9-7-10(18(21)22)3-4-11(9)23-13(15)16/h3-4,7,13,17H,5-6,8H2,1-2H3,(H,19,20). The summed E-state index contributed by atoms with van der Waals surface area (Å²) in [6, 6.07) is 3.34. The van der Waals surface area contributed by atoms with Crippen molar-refractivity contribution in [2.45, 2.75) is 33.4 Å². The lowest BCUT2D eigenvalue weighted by molar-refractivity contribution is -0.385. The van der Waals surface area contributed by atoms with Gasteiger partial charge in [0.05, 0.1) is 10.3 Å². The molecule has 128 valence electrons. The van der Waals surface area contributed by atoms with Crippen molar-refractivity contribution in [3.63, 3.8) is 0 Å². The summed E-state index contributed by atoms with van der Waals surface area (Å²) in [5.41, 5.74) is -0.972. The number of nitrogens with one attached hydrogen (secondary N) is 1. The molecule has 2 N–H and O–H groups in total. The Morgan fingerprint density at radius 3 is 2.65 bits per heavy atom. The first-order chi connectivity index (χ1) is 10.6. The average Bonchev–Trinajstić information content (AvgIpc) is 2.44. The number of halogens is 2. The number of carboxylic acid groups (broad SMARTS) is 1. The molecule has 0 spiro atoms. The van der Waals surface area contributed by atoms with Gasteiger partial charge in [-0.3, -0.25) is 14.9 Å². The molecule has 0 unspecified atom stereocenters. The lowest BCUT2D eigenvalue weighted by atomic mass is 9.90. The molecule has 7 nitrogen and oxygen atoms in total. The molecule has 23 heavy (non-hydrogen) atoms. The highest BCUT2D eigenvalue weighted by Gasteiger charge is 2.26. The van der Waals surface area contributed by atoms with Gasteiger partial charge in [-0.05, 0) is 32.9 Å². The van der Waals surface area contributed by atoms with Crippen LogP contribution in [0.3, 0.4) is 0 Å². The van der Waals surface area contributed by atoms with E-state index in [4.69, 9.17) is 5.11 Å². The molecule has 0 aromatic heterocycles. The van der Waals surface area contributed by atoms with Crippen LogP contribution in [-0.4, -0.2) is 29.2 Å². The second-order valence-corrected chi connectivity index (χ2v) is 5.54. The Kier molecular flexibility index (Phi) is 6.38. The van der Waals surface area contributed by atoms with E-state index in [0.717, 1.165) is 18.2 Å². The third-order valence-corrected chi connectivity index (χ3v) is 3.29. The van der Waals surface area contributed by atoms with Crippen LogP contribution in [0, 0.1) is 15.5 Å². The van der Waals surface area contributed by atoms with Gasteiger partial charge in [0.25, 0.3) is 5.69 Å². The predicted octanol–water partition coefficient (Wildman–Crippen LogP) is 2.79. The molecule has 0 bridgehead atoms. The van der Waals surface area contributed by atoms with Gasteiger partial charge in [-0.1, -0.05) is 0 Å². The number of carbonyl (C=O) groups is 1. The molecular weight excluding hydrogens is 314 g/mol. The van der Waals surface area contributed by atoms with Crippen molar-refractivity contribution in [1.29, 1.82) is 0 Å². The van der Waals surface area contributed by atoms with Crippen LogP contribution in [0.15, 0.2) is 18.2 Å². The first-order valence-corrected chi connectivity index (χ1v) is 6.79. The zero-order valence-electron chi connectivity index (χ0n) is 12.7. The molecular formula is C14H18F2N2O5. The van der Waals surface area contributed by atoms with Gasteiger partial charge in [0.2, 0.25) is 0 Å². The molecule has 1 aromatic rings. The predicted molar refractivity (Wildman–Crippen MR) is 77.5 cm³/mol. The molecule has 0 fully saturated rings. The van der Waals surface area contributed by atoms with Crippen molar-refractivity contribution < 1.29 is 28.3 Å². The van der Waals surface area contributed by atoms with Crippen LogP contribution >= 0.6 is 0 Å². The molecule has 0 aliphatic carbocycles. The normalized spacial score (nSPS) is 11.5. The Balaban J connectivity index is 2.74. The lowest BCUT2D eigenvalue weighted by Crippen LogP contribution is -2.29. The largest absolute Gasteiger partial charge is 0.481 e. The number of non-ortho nitro benzene ring substituents is 1. The number of nitro groups is 1. The molecule has 0 aliphatic heterocycles. The maximum absolute atomic E-state index is 12.4.